The Bertz CT molecular complexity index is 255. The third-order valence-electron chi connectivity index (χ3n) is 3.40. The smallest absolute Gasteiger partial charge is 0.239 e. The van der Waals surface area contributed by atoms with Gasteiger partial charge in [0.1, 0.15) is 0 Å². The quantitative estimate of drug-likeness (QED) is 0.664. The average molecular weight is 222 g/mol. The first-order chi connectivity index (χ1) is 7.70. The van der Waals surface area contributed by atoms with Crippen molar-refractivity contribution in [1.29, 1.82) is 0 Å². The maximum atomic E-state index is 12.1. The Kier molecular flexibility index (Phi) is 3.64. The molecule has 2 aliphatic rings. The second-order valence-corrected chi connectivity index (χ2v) is 5.26. The molecule has 1 amide bonds. The van der Waals surface area contributed by atoms with Gasteiger partial charge in [-0.15, -0.1) is 6.58 Å². The normalized spacial score (nSPS) is 21.6. The third kappa shape index (κ3) is 3.34. The summed E-state index contributed by atoms with van der Waals surface area (Å²) in [6, 6.07) is -0.380. The van der Waals surface area contributed by atoms with Crippen LogP contribution in [-0.4, -0.2) is 29.9 Å². The molecule has 0 saturated heterocycles. The van der Waals surface area contributed by atoms with Crippen molar-refractivity contribution in [1.82, 2.24) is 4.90 Å². The number of carbonyl (C=O) groups excluding carboxylic acids is 1. The van der Waals surface area contributed by atoms with Gasteiger partial charge in [0.2, 0.25) is 5.91 Å². The minimum absolute atomic E-state index is 0.124. The molecule has 0 bridgehead atoms. The lowest BCUT2D eigenvalue weighted by Gasteiger charge is -2.25. The van der Waals surface area contributed by atoms with Crippen molar-refractivity contribution in [3.63, 3.8) is 0 Å². The molecule has 0 aromatic carbocycles. The first kappa shape index (κ1) is 11.6. The van der Waals surface area contributed by atoms with E-state index >= 15 is 0 Å². The molecule has 3 heteroatoms. The van der Waals surface area contributed by atoms with E-state index in [1.165, 1.54) is 25.7 Å². The minimum Gasteiger partial charge on any atom is -0.341 e. The molecule has 2 N–H and O–H groups in total. The number of nitrogens with zero attached hydrogens (tertiary/aromatic N) is 1. The Balaban J connectivity index is 1.86. The maximum Gasteiger partial charge on any atom is 0.239 e. The highest BCUT2D eigenvalue weighted by Gasteiger charge is 2.32. The van der Waals surface area contributed by atoms with Crippen LogP contribution in [0.25, 0.3) is 0 Å². The lowest BCUT2D eigenvalue weighted by Crippen LogP contribution is -2.45. The van der Waals surface area contributed by atoms with Crippen molar-refractivity contribution in [2.75, 3.05) is 13.1 Å². The van der Waals surface area contributed by atoms with Crippen molar-refractivity contribution >= 4 is 5.91 Å². The summed E-state index contributed by atoms with van der Waals surface area (Å²) in [5.74, 6) is 1.62. The van der Waals surface area contributed by atoms with Crippen molar-refractivity contribution in [2.24, 2.45) is 17.6 Å². The van der Waals surface area contributed by atoms with Crippen LogP contribution in [0.4, 0.5) is 0 Å². The van der Waals surface area contributed by atoms with E-state index in [2.05, 4.69) is 6.58 Å². The molecule has 1 unspecified atom stereocenters. The second kappa shape index (κ2) is 5.00. The molecule has 2 rings (SSSR count). The van der Waals surface area contributed by atoms with E-state index in [0.717, 1.165) is 24.9 Å². The van der Waals surface area contributed by atoms with E-state index in [4.69, 9.17) is 5.73 Å². The van der Waals surface area contributed by atoms with E-state index in [1.807, 2.05) is 4.90 Å². The Morgan fingerprint density at radius 1 is 1.31 bits per heavy atom. The minimum atomic E-state index is -0.380. The lowest BCUT2D eigenvalue weighted by molar-refractivity contribution is -0.133. The molecule has 3 nitrogen and oxygen atoms in total. The van der Waals surface area contributed by atoms with Crippen molar-refractivity contribution in [3.8, 4) is 0 Å². The van der Waals surface area contributed by atoms with Gasteiger partial charge in [-0.1, -0.05) is 6.08 Å². The molecule has 2 saturated carbocycles. The van der Waals surface area contributed by atoms with Gasteiger partial charge in [0.15, 0.2) is 0 Å². The highest BCUT2D eigenvalue weighted by molar-refractivity contribution is 5.81. The zero-order valence-corrected chi connectivity index (χ0v) is 9.90. The number of hydrogen-bond acceptors (Lipinski definition) is 2. The maximum absolute atomic E-state index is 12.1. The van der Waals surface area contributed by atoms with Gasteiger partial charge in [0.05, 0.1) is 6.04 Å². The molecule has 0 aromatic heterocycles. The molecule has 0 aromatic rings. The number of rotatable bonds is 7. The van der Waals surface area contributed by atoms with Crippen molar-refractivity contribution < 1.29 is 4.79 Å². The van der Waals surface area contributed by atoms with Gasteiger partial charge in [-0.25, -0.2) is 0 Å². The summed E-state index contributed by atoms with van der Waals surface area (Å²) in [6.45, 7) is 5.50. The van der Waals surface area contributed by atoms with Crippen LogP contribution in [0.5, 0.6) is 0 Å². The van der Waals surface area contributed by atoms with Gasteiger partial charge in [-0.3, -0.25) is 4.79 Å². The molecular formula is C13H22N2O. The van der Waals surface area contributed by atoms with Gasteiger partial charge in [0.25, 0.3) is 0 Å². The Morgan fingerprint density at radius 3 is 2.19 bits per heavy atom. The van der Waals surface area contributed by atoms with Gasteiger partial charge < -0.3 is 10.6 Å². The molecule has 1 atom stereocenters. The summed E-state index contributed by atoms with van der Waals surface area (Å²) in [7, 11) is 0. The molecule has 0 aliphatic heterocycles. The van der Waals surface area contributed by atoms with Gasteiger partial charge >= 0.3 is 0 Å². The molecule has 0 radical (unpaired) electrons. The van der Waals surface area contributed by atoms with Gasteiger partial charge in [-0.2, -0.15) is 0 Å². The van der Waals surface area contributed by atoms with E-state index < -0.39 is 0 Å². The molecule has 0 heterocycles. The van der Waals surface area contributed by atoms with Gasteiger partial charge in [0, 0.05) is 13.1 Å². The second-order valence-electron chi connectivity index (χ2n) is 5.26. The zero-order valence-electron chi connectivity index (χ0n) is 9.90. The van der Waals surface area contributed by atoms with Gasteiger partial charge in [-0.05, 0) is 43.9 Å². The number of nitrogens with two attached hydrogens (primary N) is 1. The Labute approximate surface area is 97.7 Å². The SMILES string of the molecule is C=CCC(N)C(=O)N(CC1CC1)CC1CC1. The van der Waals surface area contributed by atoms with Crippen molar-refractivity contribution in [3.05, 3.63) is 12.7 Å². The summed E-state index contributed by atoms with van der Waals surface area (Å²) in [5, 5.41) is 0. The van der Waals surface area contributed by atoms with E-state index in [-0.39, 0.29) is 11.9 Å². The molecular weight excluding hydrogens is 200 g/mol. The Morgan fingerprint density at radius 2 is 1.81 bits per heavy atom. The van der Waals surface area contributed by atoms with Crippen LogP contribution in [-0.2, 0) is 4.79 Å². The fourth-order valence-corrected chi connectivity index (χ4v) is 1.99. The monoisotopic (exact) mass is 222 g/mol. The summed E-state index contributed by atoms with van der Waals surface area (Å²) < 4.78 is 0. The van der Waals surface area contributed by atoms with Crippen LogP contribution in [0, 0.1) is 11.8 Å². The predicted molar refractivity (Wildman–Crippen MR) is 64.8 cm³/mol. The van der Waals surface area contributed by atoms with E-state index in [9.17, 15) is 4.79 Å². The largest absolute Gasteiger partial charge is 0.341 e. The standard InChI is InChI=1S/C13H22N2O/c1-2-3-12(14)13(16)15(8-10-4-5-10)9-11-6-7-11/h2,10-12H,1,3-9,14H2. The summed E-state index contributed by atoms with van der Waals surface area (Å²) in [6.07, 6.45) is 7.45. The predicted octanol–water partition coefficient (Wildman–Crippen LogP) is 1.54. The van der Waals surface area contributed by atoms with E-state index in [1.54, 1.807) is 6.08 Å². The third-order valence-corrected chi connectivity index (χ3v) is 3.40. The highest BCUT2D eigenvalue weighted by Crippen LogP contribution is 2.33. The molecule has 16 heavy (non-hydrogen) atoms. The summed E-state index contributed by atoms with van der Waals surface area (Å²) in [5.41, 5.74) is 5.86. The van der Waals surface area contributed by atoms with Crippen LogP contribution < -0.4 is 5.73 Å². The number of amides is 1. The van der Waals surface area contributed by atoms with Crippen LogP contribution in [0.15, 0.2) is 12.7 Å². The zero-order chi connectivity index (χ0) is 11.5. The fourth-order valence-electron chi connectivity index (χ4n) is 1.99. The average Bonchev–Trinajstić information content (AvgIpc) is 3.10. The van der Waals surface area contributed by atoms with Crippen LogP contribution in [0.3, 0.4) is 0 Å². The lowest BCUT2D eigenvalue weighted by atomic mass is 10.1. The fraction of sp³-hybridized carbons (Fsp3) is 0.769. The molecule has 90 valence electrons. The molecule has 2 fully saturated rings. The molecule has 2 aliphatic carbocycles. The number of hydrogen-bond donors (Lipinski definition) is 1. The van der Waals surface area contributed by atoms with Crippen LogP contribution >= 0.6 is 0 Å². The topological polar surface area (TPSA) is 46.3 Å². The van der Waals surface area contributed by atoms with Crippen molar-refractivity contribution in [2.45, 2.75) is 38.1 Å². The van der Waals surface area contributed by atoms with Crippen LogP contribution in [0.1, 0.15) is 32.1 Å². The summed E-state index contributed by atoms with van der Waals surface area (Å²) >= 11 is 0. The highest BCUT2D eigenvalue weighted by atomic mass is 16.2. The Hall–Kier alpha value is -0.830. The first-order valence-electron chi connectivity index (χ1n) is 6.36. The first-order valence-corrected chi connectivity index (χ1v) is 6.36. The summed E-state index contributed by atoms with van der Waals surface area (Å²) in [4.78, 5) is 14.1. The van der Waals surface area contributed by atoms with Crippen LogP contribution in [0.2, 0.25) is 0 Å². The number of carbonyl (C=O) groups is 1. The molecule has 0 spiro atoms. The van der Waals surface area contributed by atoms with E-state index in [0.29, 0.717) is 6.42 Å².